The van der Waals surface area contributed by atoms with E-state index in [4.69, 9.17) is 4.99 Å². The molecule has 0 amide bonds. The maximum Gasteiger partial charge on any atom is 0.242 e. The van der Waals surface area contributed by atoms with Gasteiger partial charge in [-0.2, -0.15) is 0 Å². The lowest BCUT2D eigenvalue weighted by molar-refractivity contribution is 0.521. The van der Waals surface area contributed by atoms with E-state index >= 15 is 0 Å². The molecule has 3 rings (SSSR count). The van der Waals surface area contributed by atoms with Crippen molar-refractivity contribution < 1.29 is 8.42 Å². The molecular formula is C24H31N3O2S2. The highest BCUT2D eigenvalue weighted by atomic mass is 32.2. The van der Waals surface area contributed by atoms with Gasteiger partial charge >= 0.3 is 0 Å². The molecule has 0 radical (unpaired) electrons. The van der Waals surface area contributed by atoms with Crippen molar-refractivity contribution in [2.24, 2.45) is 4.99 Å². The van der Waals surface area contributed by atoms with Gasteiger partial charge in [-0.3, -0.25) is 0 Å². The molecule has 31 heavy (non-hydrogen) atoms. The maximum absolute atomic E-state index is 12.4. The second-order valence-corrected chi connectivity index (χ2v) is 10.9. The monoisotopic (exact) mass is 457 g/mol. The molecule has 0 aliphatic rings. The van der Waals surface area contributed by atoms with Gasteiger partial charge in [-0.05, 0) is 43.2 Å². The summed E-state index contributed by atoms with van der Waals surface area (Å²) >= 11 is 1.62. The molecule has 3 aromatic rings. The lowest BCUT2D eigenvalue weighted by Gasteiger charge is -2.13. The number of aromatic nitrogens is 1. The molecule has 0 aliphatic carbocycles. The predicted molar refractivity (Wildman–Crippen MR) is 129 cm³/mol. The van der Waals surface area contributed by atoms with Crippen molar-refractivity contribution in [2.75, 3.05) is 14.1 Å². The van der Waals surface area contributed by atoms with E-state index in [9.17, 15) is 8.42 Å². The van der Waals surface area contributed by atoms with Crippen LogP contribution in [0, 0.1) is 6.92 Å². The smallest absolute Gasteiger partial charge is 0.242 e. The van der Waals surface area contributed by atoms with E-state index in [0.717, 1.165) is 34.7 Å². The Hall–Kier alpha value is -2.22. The Balaban J connectivity index is 1.99. The lowest BCUT2D eigenvalue weighted by Crippen LogP contribution is -2.22. The first-order chi connectivity index (χ1) is 14.8. The van der Waals surface area contributed by atoms with Gasteiger partial charge in [-0.1, -0.05) is 56.0 Å². The second kappa shape index (κ2) is 10.4. The maximum atomic E-state index is 12.4. The number of hydrogen-bond acceptors (Lipinski definition) is 4. The second-order valence-electron chi connectivity index (χ2n) is 7.87. The van der Waals surface area contributed by atoms with Gasteiger partial charge < -0.3 is 4.57 Å². The van der Waals surface area contributed by atoms with Crippen LogP contribution in [0.4, 0.5) is 5.69 Å². The van der Waals surface area contributed by atoms with Gasteiger partial charge in [0, 0.05) is 26.0 Å². The molecule has 7 heteroatoms. The van der Waals surface area contributed by atoms with E-state index in [1.54, 1.807) is 37.6 Å². The summed E-state index contributed by atoms with van der Waals surface area (Å²) in [7, 11) is -0.341. The first kappa shape index (κ1) is 23.4. The molecule has 0 N–H and O–H groups in total. The number of unbranched alkanes of at least 4 members (excludes halogenated alkanes) is 3. The number of rotatable bonds is 9. The number of aryl methyl sites for hydroxylation is 1. The molecule has 0 saturated heterocycles. The minimum absolute atomic E-state index is 0.301. The summed E-state index contributed by atoms with van der Waals surface area (Å²) in [6.45, 7) is 5.17. The molecular weight excluding hydrogens is 426 g/mol. The van der Waals surface area contributed by atoms with Crippen molar-refractivity contribution >= 4 is 27.0 Å². The average molecular weight is 458 g/mol. The molecule has 0 spiro atoms. The zero-order valence-electron chi connectivity index (χ0n) is 18.7. The zero-order chi connectivity index (χ0) is 22.4. The van der Waals surface area contributed by atoms with Gasteiger partial charge in [0.2, 0.25) is 10.0 Å². The molecule has 5 nitrogen and oxygen atoms in total. The van der Waals surface area contributed by atoms with Crippen LogP contribution in [0.1, 0.15) is 38.2 Å². The van der Waals surface area contributed by atoms with Crippen molar-refractivity contribution in [3.8, 4) is 11.3 Å². The molecule has 0 atom stereocenters. The van der Waals surface area contributed by atoms with E-state index in [0.29, 0.717) is 4.90 Å². The normalized spacial score (nSPS) is 12.6. The largest absolute Gasteiger partial charge is 0.316 e. The number of nitrogens with zero attached hydrogens (tertiary/aromatic N) is 3. The van der Waals surface area contributed by atoms with Gasteiger partial charge in [-0.15, -0.1) is 11.3 Å². The lowest BCUT2D eigenvalue weighted by atomic mass is 10.1. The summed E-state index contributed by atoms with van der Waals surface area (Å²) in [5.41, 5.74) is 4.22. The fourth-order valence-corrected chi connectivity index (χ4v) is 5.16. The van der Waals surface area contributed by atoms with E-state index < -0.39 is 10.0 Å². The fraction of sp³-hybridized carbons (Fsp3) is 0.375. The minimum atomic E-state index is -3.43. The third kappa shape index (κ3) is 5.73. The summed E-state index contributed by atoms with van der Waals surface area (Å²) in [6.07, 6.45) is 4.69. The standard InChI is InChI=1S/C24H31N3O2S2/c1-5-6-7-8-17-27-23(18-30-24(27)25-21-13-9-19(2)10-14-21)20-11-15-22(16-12-20)31(28,29)26(3)4/h9-16,18H,5-8,17H2,1-4H3. The van der Waals surface area contributed by atoms with Crippen LogP contribution in [0.5, 0.6) is 0 Å². The van der Waals surface area contributed by atoms with Gasteiger partial charge in [-0.25, -0.2) is 17.7 Å². The van der Waals surface area contributed by atoms with Gasteiger partial charge in [0.05, 0.1) is 16.3 Å². The highest BCUT2D eigenvalue weighted by Crippen LogP contribution is 2.24. The molecule has 0 saturated carbocycles. The van der Waals surface area contributed by atoms with E-state index in [1.165, 1.54) is 29.1 Å². The predicted octanol–water partition coefficient (Wildman–Crippen LogP) is 5.59. The summed E-state index contributed by atoms with van der Waals surface area (Å²) in [6, 6.07) is 15.4. The third-order valence-corrected chi connectivity index (χ3v) is 7.91. The molecule has 0 fully saturated rings. The van der Waals surface area contributed by atoms with Crippen LogP contribution in [-0.2, 0) is 16.6 Å². The molecule has 0 unspecified atom stereocenters. The Morgan fingerprint density at radius 1 is 0.968 bits per heavy atom. The number of benzene rings is 2. The summed E-state index contributed by atoms with van der Waals surface area (Å²) in [5, 5.41) is 2.11. The number of thiazole rings is 1. The van der Waals surface area contributed by atoms with Crippen LogP contribution in [0.2, 0.25) is 0 Å². The van der Waals surface area contributed by atoms with Crippen molar-refractivity contribution in [3.63, 3.8) is 0 Å². The topological polar surface area (TPSA) is 54.7 Å². The highest BCUT2D eigenvalue weighted by molar-refractivity contribution is 7.89. The van der Waals surface area contributed by atoms with Crippen LogP contribution in [0.3, 0.4) is 0 Å². The van der Waals surface area contributed by atoms with Crippen LogP contribution in [0.25, 0.3) is 11.3 Å². The molecule has 1 aromatic heterocycles. The Morgan fingerprint density at radius 3 is 2.26 bits per heavy atom. The Kier molecular flexibility index (Phi) is 7.86. The van der Waals surface area contributed by atoms with Gasteiger partial charge in [0.1, 0.15) is 0 Å². The Bertz CT molecular complexity index is 1160. The fourth-order valence-electron chi connectivity index (χ4n) is 3.30. The number of sulfonamides is 1. The molecule has 166 valence electrons. The van der Waals surface area contributed by atoms with Crippen LogP contribution < -0.4 is 4.80 Å². The average Bonchev–Trinajstić information content (AvgIpc) is 3.15. The SMILES string of the molecule is CCCCCCn1c(-c2ccc(S(=O)(=O)N(C)C)cc2)csc1=Nc1ccc(C)cc1. The molecule has 1 heterocycles. The van der Waals surface area contributed by atoms with E-state index in [1.807, 2.05) is 24.3 Å². The van der Waals surface area contributed by atoms with Crippen LogP contribution in [-0.4, -0.2) is 31.4 Å². The quantitative estimate of drug-likeness (QED) is 0.393. The van der Waals surface area contributed by atoms with Crippen molar-refractivity contribution in [2.45, 2.75) is 51.0 Å². The van der Waals surface area contributed by atoms with E-state index in [-0.39, 0.29) is 0 Å². The number of hydrogen-bond donors (Lipinski definition) is 0. The molecule has 2 aromatic carbocycles. The van der Waals surface area contributed by atoms with Crippen molar-refractivity contribution in [3.05, 3.63) is 64.3 Å². The van der Waals surface area contributed by atoms with E-state index in [2.05, 4.69) is 35.9 Å². The Morgan fingerprint density at radius 2 is 1.65 bits per heavy atom. The highest BCUT2D eigenvalue weighted by Gasteiger charge is 2.17. The zero-order valence-corrected chi connectivity index (χ0v) is 20.3. The van der Waals surface area contributed by atoms with Crippen molar-refractivity contribution in [1.82, 2.24) is 8.87 Å². The van der Waals surface area contributed by atoms with Crippen molar-refractivity contribution in [1.29, 1.82) is 0 Å². The molecule has 0 bridgehead atoms. The molecule has 0 aliphatic heterocycles. The first-order valence-electron chi connectivity index (χ1n) is 10.7. The summed E-state index contributed by atoms with van der Waals surface area (Å²) in [5.74, 6) is 0. The summed E-state index contributed by atoms with van der Waals surface area (Å²) < 4.78 is 28.3. The minimum Gasteiger partial charge on any atom is -0.316 e. The summed E-state index contributed by atoms with van der Waals surface area (Å²) in [4.78, 5) is 6.15. The van der Waals surface area contributed by atoms with Crippen LogP contribution in [0.15, 0.2) is 63.8 Å². The first-order valence-corrected chi connectivity index (χ1v) is 13.0. The third-order valence-electron chi connectivity index (χ3n) is 5.22. The van der Waals surface area contributed by atoms with Crippen LogP contribution >= 0.6 is 11.3 Å². The van der Waals surface area contributed by atoms with Gasteiger partial charge in [0.15, 0.2) is 4.80 Å². The van der Waals surface area contributed by atoms with Gasteiger partial charge in [0.25, 0.3) is 0 Å². The Labute approximate surface area is 189 Å².